The first-order chi connectivity index (χ1) is 8.29. The van der Waals surface area contributed by atoms with Gasteiger partial charge in [0.1, 0.15) is 0 Å². The summed E-state index contributed by atoms with van der Waals surface area (Å²) >= 11 is 2.09. The van der Waals surface area contributed by atoms with Crippen LogP contribution in [0.3, 0.4) is 0 Å². The maximum Gasteiger partial charge on any atom is 0.0462 e. The average molecular weight is 260 g/mol. The Morgan fingerprint density at radius 1 is 1.53 bits per heavy atom. The van der Waals surface area contributed by atoms with Crippen LogP contribution in [0.25, 0.3) is 0 Å². The Kier molecular flexibility index (Phi) is 8.27. The van der Waals surface area contributed by atoms with E-state index in [1.807, 2.05) is 0 Å². The van der Waals surface area contributed by atoms with Crippen molar-refractivity contribution in [3.05, 3.63) is 0 Å². The van der Waals surface area contributed by atoms with Crippen molar-refractivity contribution < 1.29 is 4.74 Å². The molecule has 0 spiro atoms. The second-order valence-corrected chi connectivity index (χ2v) is 5.97. The number of hydrogen-bond acceptors (Lipinski definition) is 4. The van der Waals surface area contributed by atoms with E-state index in [1.165, 1.54) is 30.9 Å². The van der Waals surface area contributed by atoms with E-state index in [2.05, 4.69) is 35.9 Å². The SMILES string of the molecule is CCCNC(CCCOC)C1CSCCN1C. The zero-order chi connectivity index (χ0) is 12.5. The summed E-state index contributed by atoms with van der Waals surface area (Å²) in [5.74, 6) is 2.55. The maximum atomic E-state index is 5.16. The number of likely N-dealkylation sites (N-methyl/N-ethyl adjacent to an activating group) is 1. The van der Waals surface area contributed by atoms with Gasteiger partial charge in [0.05, 0.1) is 0 Å². The third kappa shape index (κ3) is 5.60. The molecule has 2 atom stereocenters. The molecule has 1 rings (SSSR count). The molecule has 0 amide bonds. The fraction of sp³-hybridized carbons (Fsp3) is 1.00. The summed E-state index contributed by atoms with van der Waals surface area (Å²) in [7, 11) is 4.05. The van der Waals surface area contributed by atoms with Crippen LogP contribution < -0.4 is 5.32 Å². The van der Waals surface area contributed by atoms with Gasteiger partial charge in [-0.05, 0) is 32.9 Å². The van der Waals surface area contributed by atoms with Gasteiger partial charge in [-0.1, -0.05) is 6.92 Å². The molecular formula is C13H28N2OS. The first-order valence-electron chi connectivity index (χ1n) is 6.80. The molecule has 0 aromatic carbocycles. The molecule has 0 radical (unpaired) electrons. The second kappa shape index (κ2) is 9.20. The lowest BCUT2D eigenvalue weighted by atomic mass is 10.0. The van der Waals surface area contributed by atoms with Gasteiger partial charge in [0, 0.05) is 43.9 Å². The number of thioether (sulfide) groups is 1. The first kappa shape index (κ1) is 15.3. The molecule has 1 heterocycles. The number of nitrogens with one attached hydrogen (secondary N) is 1. The summed E-state index contributed by atoms with van der Waals surface area (Å²) < 4.78 is 5.16. The van der Waals surface area contributed by atoms with Crippen LogP contribution in [-0.4, -0.2) is 62.3 Å². The molecule has 0 aliphatic carbocycles. The van der Waals surface area contributed by atoms with Gasteiger partial charge in [-0.25, -0.2) is 0 Å². The minimum atomic E-state index is 0.628. The van der Waals surface area contributed by atoms with Crippen LogP contribution >= 0.6 is 11.8 Å². The highest BCUT2D eigenvalue weighted by Crippen LogP contribution is 2.19. The number of rotatable bonds is 8. The highest BCUT2D eigenvalue weighted by atomic mass is 32.2. The summed E-state index contributed by atoms with van der Waals surface area (Å²) in [6, 6.07) is 1.32. The molecule has 1 aliphatic rings. The highest BCUT2D eigenvalue weighted by molar-refractivity contribution is 7.99. The van der Waals surface area contributed by atoms with E-state index < -0.39 is 0 Å². The maximum absolute atomic E-state index is 5.16. The lowest BCUT2D eigenvalue weighted by Gasteiger charge is -2.38. The molecule has 1 N–H and O–H groups in total. The van der Waals surface area contributed by atoms with E-state index in [0.29, 0.717) is 12.1 Å². The predicted octanol–water partition coefficient (Wildman–Crippen LogP) is 1.83. The predicted molar refractivity (Wildman–Crippen MR) is 76.9 cm³/mol. The molecule has 102 valence electrons. The third-order valence-electron chi connectivity index (χ3n) is 3.43. The summed E-state index contributed by atoms with van der Waals surface area (Å²) in [6.07, 6.45) is 3.60. The molecule has 17 heavy (non-hydrogen) atoms. The fourth-order valence-electron chi connectivity index (χ4n) is 2.34. The van der Waals surface area contributed by atoms with Gasteiger partial charge < -0.3 is 15.0 Å². The lowest BCUT2D eigenvalue weighted by molar-refractivity contribution is 0.169. The van der Waals surface area contributed by atoms with Crippen molar-refractivity contribution in [2.24, 2.45) is 0 Å². The van der Waals surface area contributed by atoms with E-state index in [9.17, 15) is 0 Å². The zero-order valence-corrected chi connectivity index (χ0v) is 12.4. The van der Waals surface area contributed by atoms with Crippen LogP contribution in [0.2, 0.25) is 0 Å². The molecule has 0 bridgehead atoms. The molecule has 1 saturated heterocycles. The van der Waals surface area contributed by atoms with Gasteiger partial charge in [0.15, 0.2) is 0 Å². The monoisotopic (exact) mass is 260 g/mol. The Morgan fingerprint density at radius 3 is 3.00 bits per heavy atom. The molecular weight excluding hydrogens is 232 g/mol. The van der Waals surface area contributed by atoms with E-state index in [-0.39, 0.29) is 0 Å². The zero-order valence-electron chi connectivity index (χ0n) is 11.6. The van der Waals surface area contributed by atoms with Crippen LogP contribution in [0, 0.1) is 0 Å². The van der Waals surface area contributed by atoms with Crippen molar-refractivity contribution in [1.82, 2.24) is 10.2 Å². The lowest BCUT2D eigenvalue weighted by Crippen LogP contribution is -2.53. The van der Waals surface area contributed by atoms with E-state index in [0.717, 1.165) is 19.6 Å². The van der Waals surface area contributed by atoms with Crippen LogP contribution in [0.1, 0.15) is 26.2 Å². The number of ether oxygens (including phenoxy) is 1. The molecule has 4 heteroatoms. The molecule has 0 aromatic rings. The van der Waals surface area contributed by atoms with E-state index in [1.54, 1.807) is 7.11 Å². The average Bonchev–Trinajstić information content (AvgIpc) is 2.35. The van der Waals surface area contributed by atoms with Crippen molar-refractivity contribution in [2.75, 3.05) is 45.4 Å². The largest absolute Gasteiger partial charge is 0.385 e. The van der Waals surface area contributed by atoms with Gasteiger partial charge in [0.2, 0.25) is 0 Å². The topological polar surface area (TPSA) is 24.5 Å². The fourth-order valence-corrected chi connectivity index (χ4v) is 3.65. The minimum absolute atomic E-state index is 0.628. The van der Waals surface area contributed by atoms with Crippen molar-refractivity contribution in [3.63, 3.8) is 0 Å². The number of hydrogen-bond donors (Lipinski definition) is 1. The smallest absolute Gasteiger partial charge is 0.0462 e. The van der Waals surface area contributed by atoms with Crippen LogP contribution in [0.5, 0.6) is 0 Å². The Bertz CT molecular complexity index is 192. The summed E-state index contributed by atoms with van der Waals surface area (Å²) in [5.41, 5.74) is 0. The number of nitrogens with zero attached hydrogens (tertiary/aromatic N) is 1. The Hall–Kier alpha value is 0.230. The summed E-state index contributed by atoms with van der Waals surface area (Å²) in [5, 5.41) is 3.72. The van der Waals surface area contributed by atoms with E-state index in [4.69, 9.17) is 4.74 Å². The minimum Gasteiger partial charge on any atom is -0.385 e. The standard InChI is InChI=1S/C13H28N2OS/c1-4-7-14-12(6-5-9-16-3)13-11-17-10-8-15(13)2/h12-14H,4-11H2,1-3H3. The highest BCUT2D eigenvalue weighted by Gasteiger charge is 2.26. The Labute approximate surface area is 111 Å². The van der Waals surface area contributed by atoms with Crippen LogP contribution in [0.4, 0.5) is 0 Å². The summed E-state index contributed by atoms with van der Waals surface area (Å²) in [6.45, 7) is 5.48. The quantitative estimate of drug-likeness (QED) is 0.673. The normalized spacial score (nSPS) is 23.8. The van der Waals surface area contributed by atoms with Crippen molar-refractivity contribution in [2.45, 2.75) is 38.3 Å². The number of methoxy groups -OCH3 is 1. The van der Waals surface area contributed by atoms with Gasteiger partial charge in [-0.15, -0.1) is 0 Å². The molecule has 0 aromatic heterocycles. The summed E-state index contributed by atoms with van der Waals surface area (Å²) in [4.78, 5) is 2.52. The molecule has 2 unspecified atom stereocenters. The van der Waals surface area contributed by atoms with Gasteiger partial charge in [0.25, 0.3) is 0 Å². The van der Waals surface area contributed by atoms with Gasteiger partial charge in [-0.2, -0.15) is 11.8 Å². The third-order valence-corrected chi connectivity index (χ3v) is 4.48. The second-order valence-electron chi connectivity index (χ2n) is 4.82. The van der Waals surface area contributed by atoms with Crippen molar-refractivity contribution in [1.29, 1.82) is 0 Å². The van der Waals surface area contributed by atoms with Crippen LogP contribution in [0.15, 0.2) is 0 Å². The molecule has 1 aliphatic heterocycles. The van der Waals surface area contributed by atoms with Crippen molar-refractivity contribution >= 4 is 11.8 Å². The van der Waals surface area contributed by atoms with Gasteiger partial charge >= 0.3 is 0 Å². The van der Waals surface area contributed by atoms with Crippen molar-refractivity contribution in [3.8, 4) is 0 Å². The molecule has 1 fully saturated rings. The van der Waals surface area contributed by atoms with Gasteiger partial charge in [-0.3, -0.25) is 0 Å². The van der Waals surface area contributed by atoms with E-state index >= 15 is 0 Å². The Balaban J connectivity index is 2.41. The Morgan fingerprint density at radius 2 is 2.35 bits per heavy atom. The van der Waals surface area contributed by atoms with Crippen LogP contribution in [-0.2, 0) is 4.74 Å². The first-order valence-corrected chi connectivity index (χ1v) is 7.95. The molecule has 0 saturated carbocycles. The molecule has 3 nitrogen and oxygen atoms in total.